The predicted molar refractivity (Wildman–Crippen MR) is 127 cm³/mol. The van der Waals surface area contributed by atoms with E-state index in [4.69, 9.17) is 4.74 Å². The van der Waals surface area contributed by atoms with Crippen molar-refractivity contribution in [3.63, 3.8) is 0 Å². The van der Waals surface area contributed by atoms with E-state index in [0.717, 1.165) is 26.0 Å². The molecule has 0 spiro atoms. The number of benzene rings is 3. The molecule has 0 bridgehead atoms. The topological polar surface area (TPSA) is 33.0 Å². The highest BCUT2D eigenvalue weighted by Gasteiger charge is 2.05. The standard InChI is InChI=1S/C23H17I2NO/c1-16-2-7-19(8-3-16)20(14-26)12-18-6-11-23(22(25)13-18)27-15-17-4-9-21(24)10-5-17/h2-13H,15H2,1H3/b20-12-. The lowest BCUT2D eigenvalue weighted by molar-refractivity contribution is 0.304. The number of hydrogen-bond acceptors (Lipinski definition) is 2. The Morgan fingerprint density at radius 1 is 1.00 bits per heavy atom. The lowest BCUT2D eigenvalue weighted by atomic mass is 10.0. The second-order valence-corrected chi connectivity index (χ2v) is 8.55. The second kappa shape index (κ2) is 9.38. The lowest BCUT2D eigenvalue weighted by Crippen LogP contribution is -1.97. The van der Waals surface area contributed by atoms with Gasteiger partial charge in [-0.3, -0.25) is 0 Å². The fourth-order valence-electron chi connectivity index (χ4n) is 2.55. The molecule has 0 aromatic heterocycles. The highest BCUT2D eigenvalue weighted by Crippen LogP contribution is 2.26. The summed E-state index contributed by atoms with van der Waals surface area (Å²) in [6, 6.07) is 24.6. The first-order chi connectivity index (χ1) is 13.0. The summed E-state index contributed by atoms with van der Waals surface area (Å²) in [6.07, 6.45) is 1.91. The van der Waals surface area contributed by atoms with Crippen LogP contribution < -0.4 is 4.74 Å². The van der Waals surface area contributed by atoms with E-state index in [1.807, 2.05) is 55.5 Å². The second-order valence-electron chi connectivity index (χ2n) is 6.14. The third-order valence-corrected chi connectivity index (χ3v) is 5.62. The van der Waals surface area contributed by atoms with Crippen molar-refractivity contribution < 1.29 is 4.74 Å². The molecule has 4 heteroatoms. The van der Waals surface area contributed by atoms with E-state index in [1.165, 1.54) is 9.13 Å². The van der Waals surface area contributed by atoms with Gasteiger partial charge in [-0.15, -0.1) is 0 Å². The molecule has 3 rings (SSSR count). The lowest BCUT2D eigenvalue weighted by Gasteiger charge is -2.09. The van der Waals surface area contributed by atoms with Crippen molar-refractivity contribution in [2.24, 2.45) is 0 Å². The molecular weight excluding hydrogens is 560 g/mol. The van der Waals surface area contributed by atoms with E-state index >= 15 is 0 Å². The van der Waals surface area contributed by atoms with E-state index in [-0.39, 0.29) is 0 Å². The van der Waals surface area contributed by atoms with Crippen molar-refractivity contribution >= 4 is 56.8 Å². The van der Waals surface area contributed by atoms with Crippen LogP contribution in [0.15, 0.2) is 66.7 Å². The Morgan fingerprint density at radius 2 is 1.70 bits per heavy atom. The smallest absolute Gasteiger partial charge is 0.133 e. The average molecular weight is 577 g/mol. The highest BCUT2D eigenvalue weighted by atomic mass is 127. The zero-order valence-electron chi connectivity index (χ0n) is 14.7. The predicted octanol–water partition coefficient (Wildman–Crippen LogP) is 6.85. The highest BCUT2D eigenvalue weighted by molar-refractivity contribution is 14.1. The van der Waals surface area contributed by atoms with E-state index in [0.29, 0.717) is 12.2 Å². The van der Waals surface area contributed by atoms with Crippen LogP contribution >= 0.6 is 45.2 Å². The fourth-order valence-corrected chi connectivity index (χ4v) is 3.60. The van der Waals surface area contributed by atoms with Gasteiger partial charge >= 0.3 is 0 Å². The maximum absolute atomic E-state index is 9.52. The van der Waals surface area contributed by atoms with Crippen LogP contribution in [0.25, 0.3) is 11.6 Å². The number of nitriles is 1. The Morgan fingerprint density at radius 3 is 2.33 bits per heavy atom. The summed E-state index contributed by atoms with van der Waals surface area (Å²) < 4.78 is 8.18. The van der Waals surface area contributed by atoms with Crippen LogP contribution in [0.3, 0.4) is 0 Å². The van der Waals surface area contributed by atoms with E-state index in [2.05, 4.69) is 75.5 Å². The SMILES string of the molecule is Cc1ccc(/C(C#N)=C\c2ccc(OCc3ccc(I)cc3)c(I)c2)cc1. The largest absolute Gasteiger partial charge is 0.488 e. The number of halogens is 2. The van der Waals surface area contributed by atoms with Crippen molar-refractivity contribution in [2.75, 3.05) is 0 Å². The molecule has 0 aliphatic rings. The molecule has 134 valence electrons. The molecular formula is C23H17I2NO. The molecule has 0 aliphatic carbocycles. The molecule has 0 saturated heterocycles. The molecule has 0 amide bonds. The number of nitrogens with zero attached hydrogens (tertiary/aromatic N) is 1. The number of hydrogen-bond donors (Lipinski definition) is 0. The van der Waals surface area contributed by atoms with Gasteiger partial charge in [-0.25, -0.2) is 0 Å². The van der Waals surface area contributed by atoms with Crippen molar-refractivity contribution in [1.82, 2.24) is 0 Å². The van der Waals surface area contributed by atoms with Crippen LogP contribution in [0.5, 0.6) is 5.75 Å². The van der Waals surface area contributed by atoms with Gasteiger partial charge in [0.1, 0.15) is 12.4 Å². The number of ether oxygens (including phenoxy) is 1. The van der Waals surface area contributed by atoms with Crippen LogP contribution in [0, 0.1) is 25.4 Å². The van der Waals surface area contributed by atoms with Crippen molar-refractivity contribution in [3.8, 4) is 11.8 Å². The van der Waals surface area contributed by atoms with Gasteiger partial charge in [-0.2, -0.15) is 5.26 Å². The molecule has 0 N–H and O–H groups in total. The van der Waals surface area contributed by atoms with Crippen molar-refractivity contribution in [1.29, 1.82) is 5.26 Å². The normalized spacial score (nSPS) is 11.1. The summed E-state index contributed by atoms with van der Waals surface area (Å²) in [5, 5.41) is 9.52. The van der Waals surface area contributed by atoms with Crippen LogP contribution in [0.2, 0.25) is 0 Å². The van der Waals surface area contributed by atoms with Gasteiger partial charge in [0.05, 0.1) is 15.2 Å². The minimum absolute atomic E-state index is 0.537. The van der Waals surface area contributed by atoms with Gasteiger partial charge in [0.2, 0.25) is 0 Å². The van der Waals surface area contributed by atoms with Crippen LogP contribution in [0.4, 0.5) is 0 Å². The van der Waals surface area contributed by atoms with Gasteiger partial charge in [-0.1, -0.05) is 48.0 Å². The molecule has 2 nitrogen and oxygen atoms in total. The molecule has 3 aromatic rings. The Hall–Kier alpha value is -1.85. The Labute approximate surface area is 187 Å². The van der Waals surface area contributed by atoms with E-state index in [1.54, 1.807) is 0 Å². The van der Waals surface area contributed by atoms with Gasteiger partial charge in [-0.05, 0) is 99.1 Å². The third kappa shape index (κ3) is 5.56. The minimum atomic E-state index is 0.537. The monoisotopic (exact) mass is 577 g/mol. The molecule has 0 saturated carbocycles. The van der Waals surface area contributed by atoms with Gasteiger partial charge < -0.3 is 4.74 Å². The maximum Gasteiger partial charge on any atom is 0.133 e. The summed E-state index contributed by atoms with van der Waals surface area (Å²) in [4.78, 5) is 0. The molecule has 0 unspecified atom stereocenters. The average Bonchev–Trinajstić information content (AvgIpc) is 2.67. The van der Waals surface area contributed by atoms with Crippen LogP contribution in [0.1, 0.15) is 22.3 Å². The number of rotatable bonds is 5. The maximum atomic E-state index is 9.52. The summed E-state index contributed by atoms with van der Waals surface area (Å²) in [5.74, 6) is 0.847. The molecule has 0 radical (unpaired) electrons. The first kappa shape index (κ1) is 19.9. The molecule has 3 aromatic carbocycles. The molecule has 0 heterocycles. The number of allylic oxidation sites excluding steroid dienone is 1. The van der Waals surface area contributed by atoms with Crippen LogP contribution in [-0.4, -0.2) is 0 Å². The summed E-state index contributed by atoms with van der Waals surface area (Å²) in [6.45, 7) is 2.58. The van der Waals surface area contributed by atoms with Crippen molar-refractivity contribution in [3.05, 3.63) is 96.1 Å². The van der Waals surface area contributed by atoms with Gasteiger partial charge in [0, 0.05) is 3.57 Å². The van der Waals surface area contributed by atoms with Crippen molar-refractivity contribution in [2.45, 2.75) is 13.5 Å². The van der Waals surface area contributed by atoms with E-state index in [9.17, 15) is 5.26 Å². The number of aryl methyl sites for hydroxylation is 1. The van der Waals surface area contributed by atoms with E-state index < -0.39 is 0 Å². The Bertz CT molecular complexity index is 1000. The summed E-state index contributed by atoms with van der Waals surface area (Å²) >= 11 is 4.57. The molecule has 27 heavy (non-hydrogen) atoms. The molecule has 0 atom stereocenters. The first-order valence-corrected chi connectivity index (χ1v) is 10.6. The van der Waals surface area contributed by atoms with Gasteiger partial charge in [0.25, 0.3) is 0 Å². The Kier molecular flexibility index (Phi) is 6.91. The fraction of sp³-hybridized carbons (Fsp3) is 0.0870. The zero-order valence-corrected chi connectivity index (χ0v) is 19.1. The van der Waals surface area contributed by atoms with Gasteiger partial charge in [0.15, 0.2) is 0 Å². The zero-order chi connectivity index (χ0) is 19.2. The quantitative estimate of drug-likeness (QED) is 0.189. The third-order valence-electron chi connectivity index (χ3n) is 4.06. The molecule has 0 fully saturated rings. The molecule has 0 aliphatic heterocycles. The first-order valence-electron chi connectivity index (χ1n) is 8.41. The summed E-state index contributed by atoms with van der Waals surface area (Å²) in [5.41, 5.74) is 4.88. The Balaban J connectivity index is 1.76. The van der Waals surface area contributed by atoms with Crippen LogP contribution in [-0.2, 0) is 6.61 Å². The minimum Gasteiger partial charge on any atom is -0.488 e. The summed E-state index contributed by atoms with van der Waals surface area (Å²) in [7, 11) is 0.